The van der Waals surface area contributed by atoms with Gasteiger partial charge in [0.1, 0.15) is 11.9 Å². The summed E-state index contributed by atoms with van der Waals surface area (Å²) in [4.78, 5) is 0. The highest BCUT2D eigenvalue weighted by molar-refractivity contribution is 5.90. The van der Waals surface area contributed by atoms with Crippen LogP contribution in [0.4, 0.5) is 0 Å². The Balaban J connectivity index is 2.13. The van der Waals surface area contributed by atoms with Crippen LogP contribution >= 0.6 is 0 Å². The predicted molar refractivity (Wildman–Crippen MR) is 66.9 cm³/mol. The number of allylic oxidation sites excluding steroid dienone is 1. The van der Waals surface area contributed by atoms with E-state index in [1.165, 1.54) is 16.3 Å². The molecule has 0 N–H and O–H groups in total. The Bertz CT molecular complexity index is 554. The lowest BCUT2D eigenvalue weighted by Gasteiger charge is -2.06. The van der Waals surface area contributed by atoms with Gasteiger partial charge in [0.25, 0.3) is 0 Å². The molecule has 1 unspecified atom stereocenters. The lowest BCUT2D eigenvalue weighted by Crippen LogP contribution is -2.08. The van der Waals surface area contributed by atoms with Gasteiger partial charge in [0.2, 0.25) is 0 Å². The van der Waals surface area contributed by atoms with Crippen LogP contribution in [0.5, 0.6) is 5.75 Å². The standard InChI is InChI=1S/C15H14O/c1-2-5-13-10-12-9-8-11-6-3-4-7-14(11)15(12)16-13/h2-9,13H,10H2,1H3. The Labute approximate surface area is 95.4 Å². The molecule has 0 aliphatic carbocycles. The molecule has 0 amide bonds. The number of hydrogen-bond acceptors (Lipinski definition) is 1. The van der Waals surface area contributed by atoms with Crippen LogP contribution in [0, 0.1) is 0 Å². The van der Waals surface area contributed by atoms with Gasteiger partial charge in [-0.05, 0) is 23.9 Å². The maximum atomic E-state index is 5.97. The van der Waals surface area contributed by atoms with E-state index in [2.05, 4.69) is 48.6 Å². The summed E-state index contributed by atoms with van der Waals surface area (Å²) in [7, 11) is 0. The first-order chi connectivity index (χ1) is 7.88. The Morgan fingerprint density at radius 3 is 2.94 bits per heavy atom. The van der Waals surface area contributed by atoms with Crippen LogP contribution < -0.4 is 4.74 Å². The van der Waals surface area contributed by atoms with E-state index in [1.807, 2.05) is 6.92 Å². The average Bonchev–Trinajstić information content (AvgIpc) is 2.72. The minimum absolute atomic E-state index is 0.214. The Morgan fingerprint density at radius 2 is 2.06 bits per heavy atom. The third-order valence-electron chi connectivity index (χ3n) is 3.06. The highest BCUT2D eigenvalue weighted by atomic mass is 16.5. The molecule has 1 nitrogen and oxygen atoms in total. The van der Waals surface area contributed by atoms with Crippen molar-refractivity contribution >= 4 is 10.8 Å². The van der Waals surface area contributed by atoms with Crippen molar-refractivity contribution in [2.75, 3.05) is 0 Å². The third kappa shape index (κ3) is 1.40. The summed E-state index contributed by atoms with van der Waals surface area (Å²) in [6.07, 6.45) is 5.38. The fraction of sp³-hybridized carbons (Fsp3) is 0.200. The summed E-state index contributed by atoms with van der Waals surface area (Å²) in [6.45, 7) is 2.03. The summed E-state index contributed by atoms with van der Waals surface area (Å²) in [5.74, 6) is 1.07. The molecule has 0 spiro atoms. The Hall–Kier alpha value is -1.76. The largest absolute Gasteiger partial charge is 0.485 e. The molecule has 1 heterocycles. The molecule has 1 heteroatoms. The fourth-order valence-electron chi connectivity index (χ4n) is 2.32. The van der Waals surface area contributed by atoms with Gasteiger partial charge in [-0.25, -0.2) is 0 Å². The molecule has 16 heavy (non-hydrogen) atoms. The van der Waals surface area contributed by atoms with E-state index in [0.717, 1.165) is 12.2 Å². The van der Waals surface area contributed by atoms with Crippen LogP contribution in [-0.2, 0) is 6.42 Å². The number of hydrogen-bond donors (Lipinski definition) is 0. The molecule has 0 fully saturated rings. The van der Waals surface area contributed by atoms with E-state index >= 15 is 0 Å². The van der Waals surface area contributed by atoms with Crippen LogP contribution in [0.3, 0.4) is 0 Å². The van der Waals surface area contributed by atoms with Gasteiger partial charge in [0, 0.05) is 11.8 Å². The van der Waals surface area contributed by atoms with Crippen LogP contribution in [0.2, 0.25) is 0 Å². The van der Waals surface area contributed by atoms with Crippen LogP contribution in [0.1, 0.15) is 12.5 Å². The van der Waals surface area contributed by atoms with Crippen molar-refractivity contribution in [1.29, 1.82) is 0 Å². The van der Waals surface area contributed by atoms with Gasteiger partial charge in [0.15, 0.2) is 0 Å². The fourth-order valence-corrected chi connectivity index (χ4v) is 2.32. The third-order valence-corrected chi connectivity index (χ3v) is 3.06. The van der Waals surface area contributed by atoms with Gasteiger partial charge in [-0.2, -0.15) is 0 Å². The molecule has 2 aromatic rings. The van der Waals surface area contributed by atoms with Gasteiger partial charge in [0.05, 0.1) is 0 Å². The summed E-state index contributed by atoms with van der Waals surface area (Å²) >= 11 is 0. The summed E-state index contributed by atoms with van der Waals surface area (Å²) < 4.78 is 5.97. The van der Waals surface area contributed by atoms with Gasteiger partial charge in [-0.15, -0.1) is 0 Å². The molecule has 0 radical (unpaired) electrons. The van der Waals surface area contributed by atoms with Gasteiger partial charge in [-0.1, -0.05) is 42.5 Å². The maximum absolute atomic E-state index is 5.97. The highest BCUT2D eigenvalue weighted by Crippen LogP contribution is 2.36. The molecule has 3 rings (SSSR count). The van der Waals surface area contributed by atoms with Crippen LogP contribution in [-0.4, -0.2) is 6.10 Å². The molecule has 0 saturated heterocycles. The number of fused-ring (bicyclic) bond motifs is 3. The Kier molecular flexibility index (Phi) is 2.17. The normalized spacial score (nSPS) is 18.9. The zero-order chi connectivity index (χ0) is 11.0. The summed E-state index contributed by atoms with van der Waals surface area (Å²) in [5, 5.41) is 2.48. The zero-order valence-electron chi connectivity index (χ0n) is 9.31. The lowest BCUT2D eigenvalue weighted by molar-refractivity contribution is 0.286. The molecular weight excluding hydrogens is 196 g/mol. The van der Waals surface area contributed by atoms with Crippen molar-refractivity contribution in [1.82, 2.24) is 0 Å². The lowest BCUT2D eigenvalue weighted by atomic mass is 10.0. The minimum Gasteiger partial charge on any atom is -0.485 e. The second-order valence-corrected chi connectivity index (χ2v) is 4.16. The molecule has 1 atom stereocenters. The first-order valence-corrected chi connectivity index (χ1v) is 5.68. The molecule has 1 aliphatic heterocycles. The average molecular weight is 210 g/mol. The first kappa shape index (κ1) is 9.46. The molecule has 80 valence electrons. The number of ether oxygens (including phenoxy) is 1. The maximum Gasteiger partial charge on any atom is 0.131 e. The number of benzene rings is 2. The minimum atomic E-state index is 0.214. The van der Waals surface area contributed by atoms with E-state index in [4.69, 9.17) is 4.74 Å². The molecule has 0 bridgehead atoms. The quantitative estimate of drug-likeness (QED) is 0.652. The SMILES string of the molecule is CC=CC1Cc2ccc3ccccc3c2O1. The van der Waals surface area contributed by atoms with Crippen molar-refractivity contribution in [2.45, 2.75) is 19.4 Å². The van der Waals surface area contributed by atoms with E-state index in [1.54, 1.807) is 0 Å². The van der Waals surface area contributed by atoms with Crippen molar-refractivity contribution in [3.8, 4) is 5.75 Å². The smallest absolute Gasteiger partial charge is 0.131 e. The summed E-state index contributed by atoms with van der Waals surface area (Å²) in [6, 6.07) is 12.7. The van der Waals surface area contributed by atoms with E-state index in [0.29, 0.717) is 0 Å². The van der Waals surface area contributed by atoms with Crippen molar-refractivity contribution in [2.24, 2.45) is 0 Å². The topological polar surface area (TPSA) is 9.23 Å². The number of rotatable bonds is 1. The molecule has 2 aromatic carbocycles. The van der Waals surface area contributed by atoms with Gasteiger partial charge >= 0.3 is 0 Å². The molecule has 1 aliphatic rings. The van der Waals surface area contributed by atoms with Crippen LogP contribution in [0.15, 0.2) is 48.6 Å². The second-order valence-electron chi connectivity index (χ2n) is 4.16. The first-order valence-electron chi connectivity index (χ1n) is 5.68. The zero-order valence-corrected chi connectivity index (χ0v) is 9.31. The van der Waals surface area contributed by atoms with E-state index in [9.17, 15) is 0 Å². The summed E-state index contributed by atoms with van der Waals surface area (Å²) in [5.41, 5.74) is 1.32. The van der Waals surface area contributed by atoms with Gasteiger partial charge < -0.3 is 4.74 Å². The van der Waals surface area contributed by atoms with Crippen LogP contribution in [0.25, 0.3) is 10.8 Å². The Morgan fingerprint density at radius 1 is 1.19 bits per heavy atom. The molecule has 0 saturated carbocycles. The van der Waals surface area contributed by atoms with E-state index in [-0.39, 0.29) is 6.10 Å². The predicted octanol–water partition coefficient (Wildman–Crippen LogP) is 3.72. The molecule has 0 aromatic heterocycles. The van der Waals surface area contributed by atoms with Crippen molar-refractivity contribution in [3.63, 3.8) is 0 Å². The molecular formula is C15H14O. The second kappa shape index (κ2) is 3.67. The van der Waals surface area contributed by atoms with E-state index < -0.39 is 0 Å². The highest BCUT2D eigenvalue weighted by Gasteiger charge is 2.22. The monoisotopic (exact) mass is 210 g/mol. The van der Waals surface area contributed by atoms with Crippen molar-refractivity contribution < 1.29 is 4.74 Å². The van der Waals surface area contributed by atoms with Gasteiger partial charge in [-0.3, -0.25) is 0 Å². The van der Waals surface area contributed by atoms with Crippen molar-refractivity contribution in [3.05, 3.63) is 54.1 Å².